The minimum atomic E-state index is -0.687. The fraction of sp³-hybridized carbons (Fsp3) is 0.625. The van der Waals surface area contributed by atoms with Gasteiger partial charge in [0.2, 0.25) is 0 Å². The van der Waals surface area contributed by atoms with Crippen molar-refractivity contribution in [2.45, 2.75) is 50.2 Å². The van der Waals surface area contributed by atoms with Gasteiger partial charge in [0.05, 0.1) is 17.2 Å². The van der Waals surface area contributed by atoms with Gasteiger partial charge in [-0.1, -0.05) is 23.7 Å². The summed E-state index contributed by atoms with van der Waals surface area (Å²) in [4.78, 5) is 0. The van der Waals surface area contributed by atoms with Crippen LogP contribution in [0.3, 0.4) is 0 Å². The lowest BCUT2D eigenvalue weighted by Gasteiger charge is -2.26. The van der Waals surface area contributed by atoms with Gasteiger partial charge in [-0.3, -0.25) is 0 Å². The van der Waals surface area contributed by atoms with Gasteiger partial charge in [0, 0.05) is 19.1 Å². The average Bonchev–Trinajstić information content (AvgIpc) is 2.51. The van der Waals surface area contributed by atoms with Gasteiger partial charge in [0.25, 0.3) is 0 Å². The number of nitrogens with two attached hydrogens (primary N) is 1. The van der Waals surface area contributed by atoms with Crippen molar-refractivity contribution >= 4 is 11.6 Å². The van der Waals surface area contributed by atoms with E-state index in [2.05, 4.69) is 0 Å². The highest BCUT2D eigenvalue weighted by Crippen LogP contribution is 2.29. The Morgan fingerprint density at radius 3 is 2.90 bits per heavy atom. The van der Waals surface area contributed by atoms with E-state index in [1.165, 1.54) is 12.5 Å². The van der Waals surface area contributed by atoms with Crippen LogP contribution in [0.2, 0.25) is 5.02 Å². The van der Waals surface area contributed by atoms with Crippen molar-refractivity contribution in [3.8, 4) is 0 Å². The summed E-state index contributed by atoms with van der Waals surface area (Å²) in [7, 11) is 0. The van der Waals surface area contributed by atoms with Gasteiger partial charge in [-0.15, -0.1) is 0 Å². The average molecular weight is 316 g/mol. The molecular formula is C16H23ClFNO2. The molecule has 3 N–H and O–H groups in total. The van der Waals surface area contributed by atoms with Crippen LogP contribution in [-0.4, -0.2) is 30.5 Å². The highest BCUT2D eigenvalue weighted by Gasteiger charge is 2.25. The number of aliphatic hydroxyl groups excluding tert-OH is 1. The number of rotatable bonds is 6. The topological polar surface area (TPSA) is 55.5 Å². The lowest BCUT2D eigenvalue weighted by atomic mass is 9.89. The Morgan fingerprint density at radius 1 is 1.43 bits per heavy atom. The van der Waals surface area contributed by atoms with Crippen molar-refractivity contribution in [1.82, 2.24) is 0 Å². The molecule has 0 saturated carbocycles. The van der Waals surface area contributed by atoms with Crippen molar-refractivity contribution in [2.24, 2.45) is 5.73 Å². The third-order valence-corrected chi connectivity index (χ3v) is 4.45. The van der Waals surface area contributed by atoms with Crippen molar-refractivity contribution in [3.05, 3.63) is 34.6 Å². The largest absolute Gasteiger partial charge is 0.392 e. The number of benzene rings is 1. The maximum absolute atomic E-state index is 14.1. The molecule has 0 radical (unpaired) electrons. The quantitative estimate of drug-likeness (QED) is 0.847. The zero-order valence-corrected chi connectivity index (χ0v) is 12.9. The van der Waals surface area contributed by atoms with E-state index >= 15 is 0 Å². The highest BCUT2D eigenvalue weighted by atomic mass is 35.5. The molecule has 5 heteroatoms. The van der Waals surface area contributed by atoms with Crippen molar-refractivity contribution < 1.29 is 14.2 Å². The Morgan fingerprint density at radius 2 is 2.24 bits per heavy atom. The predicted molar refractivity (Wildman–Crippen MR) is 82.0 cm³/mol. The van der Waals surface area contributed by atoms with Crippen molar-refractivity contribution in [3.63, 3.8) is 0 Å². The molecule has 1 heterocycles. The maximum Gasteiger partial charge on any atom is 0.145 e. The van der Waals surface area contributed by atoms with Gasteiger partial charge in [-0.2, -0.15) is 0 Å². The molecule has 2 rings (SSSR count). The third-order valence-electron chi connectivity index (χ3n) is 4.16. The van der Waals surface area contributed by atoms with E-state index in [0.29, 0.717) is 12.0 Å². The van der Waals surface area contributed by atoms with Crippen LogP contribution in [0.1, 0.15) is 43.6 Å². The molecule has 0 aliphatic carbocycles. The SMILES string of the molecule is NCC(c1cccc(Cl)c1F)C(O)CCC1CCCCO1. The standard InChI is InChI=1S/C16H23ClFNO2/c17-14-6-3-5-12(16(14)18)13(10-19)15(20)8-7-11-4-1-2-9-21-11/h3,5-6,11,13,15,20H,1-2,4,7-10,19H2. The normalized spacial score (nSPS) is 22.0. The molecule has 3 atom stereocenters. The third kappa shape index (κ3) is 4.39. The molecule has 1 aromatic carbocycles. The van der Waals surface area contributed by atoms with E-state index < -0.39 is 17.8 Å². The van der Waals surface area contributed by atoms with Crippen LogP contribution in [0.5, 0.6) is 0 Å². The van der Waals surface area contributed by atoms with Gasteiger partial charge in [-0.25, -0.2) is 4.39 Å². The molecule has 0 aromatic heterocycles. The molecule has 118 valence electrons. The molecule has 0 spiro atoms. The van der Waals surface area contributed by atoms with Gasteiger partial charge < -0.3 is 15.6 Å². The van der Waals surface area contributed by atoms with E-state index in [0.717, 1.165) is 25.9 Å². The second-order valence-electron chi connectivity index (χ2n) is 5.62. The van der Waals surface area contributed by atoms with Crippen LogP contribution >= 0.6 is 11.6 Å². The first kappa shape index (κ1) is 16.7. The molecule has 1 saturated heterocycles. The maximum atomic E-state index is 14.1. The Hall–Kier alpha value is -0.680. The van der Waals surface area contributed by atoms with Crippen LogP contribution in [-0.2, 0) is 4.74 Å². The molecule has 1 aromatic rings. The Labute approximate surface area is 130 Å². The second kappa shape index (κ2) is 8.08. The van der Waals surface area contributed by atoms with Crippen LogP contribution in [0.4, 0.5) is 4.39 Å². The van der Waals surface area contributed by atoms with Gasteiger partial charge >= 0.3 is 0 Å². The number of halogens is 2. The second-order valence-corrected chi connectivity index (χ2v) is 6.03. The molecule has 3 nitrogen and oxygen atoms in total. The first-order valence-electron chi connectivity index (χ1n) is 7.57. The van der Waals surface area contributed by atoms with Crippen LogP contribution in [0, 0.1) is 5.82 Å². The first-order chi connectivity index (χ1) is 10.1. The molecule has 0 amide bonds. The van der Waals surface area contributed by atoms with E-state index in [-0.39, 0.29) is 17.7 Å². The van der Waals surface area contributed by atoms with E-state index in [9.17, 15) is 9.50 Å². The Kier molecular flexibility index (Phi) is 6.42. The monoisotopic (exact) mass is 315 g/mol. The summed E-state index contributed by atoms with van der Waals surface area (Å²) in [6.07, 6.45) is 4.16. The van der Waals surface area contributed by atoms with E-state index in [4.69, 9.17) is 22.1 Å². The summed E-state index contributed by atoms with van der Waals surface area (Å²) < 4.78 is 19.7. The van der Waals surface area contributed by atoms with Crippen molar-refractivity contribution in [2.75, 3.05) is 13.2 Å². The predicted octanol–water partition coefficient (Wildman–Crippen LogP) is 3.23. The number of hydrogen-bond donors (Lipinski definition) is 2. The fourth-order valence-corrected chi connectivity index (χ4v) is 3.07. The van der Waals surface area contributed by atoms with Gasteiger partial charge in [-0.05, 0) is 43.7 Å². The number of aliphatic hydroxyl groups is 1. The summed E-state index contributed by atoms with van der Waals surface area (Å²) in [5.74, 6) is -0.921. The van der Waals surface area contributed by atoms with E-state index in [1.54, 1.807) is 12.1 Å². The highest BCUT2D eigenvalue weighted by molar-refractivity contribution is 6.30. The summed E-state index contributed by atoms with van der Waals surface area (Å²) in [6, 6.07) is 4.82. The summed E-state index contributed by atoms with van der Waals surface area (Å²) in [5.41, 5.74) is 6.12. The minimum absolute atomic E-state index is 0.0637. The smallest absolute Gasteiger partial charge is 0.145 e. The molecule has 0 bridgehead atoms. The molecule has 3 unspecified atom stereocenters. The van der Waals surface area contributed by atoms with Crippen LogP contribution < -0.4 is 5.73 Å². The zero-order valence-electron chi connectivity index (χ0n) is 12.1. The summed E-state index contributed by atoms with van der Waals surface area (Å²) in [5, 5.41) is 10.4. The zero-order chi connectivity index (χ0) is 15.2. The molecular weight excluding hydrogens is 293 g/mol. The molecule has 1 aliphatic rings. The molecule has 1 fully saturated rings. The van der Waals surface area contributed by atoms with Crippen molar-refractivity contribution in [1.29, 1.82) is 0 Å². The van der Waals surface area contributed by atoms with Crippen LogP contribution in [0.25, 0.3) is 0 Å². The van der Waals surface area contributed by atoms with Gasteiger partial charge in [0.15, 0.2) is 0 Å². The van der Waals surface area contributed by atoms with Crippen LogP contribution in [0.15, 0.2) is 18.2 Å². The van der Waals surface area contributed by atoms with Gasteiger partial charge in [0.1, 0.15) is 5.82 Å². The first-order valence-corrected chi connectivity index (χ1v) is 7.95. The summed E-state index contributed by atoms with van der Waals surface area (Å²) >= 11 is 5.80. The number of hydrogen-bond acceptors (Lipinski definition) is 3. The van der Waals surface area contributed by atoms with E-state index in [1.807, 2.05) is 0 Å². The Bertz CT molecular complexity index is 452. The summed E-state index contributed by atoms with van der Waals surface area (Å²) in [6.45, 7) is 0.980. The minimum Gasteiger partial charge on any atom is -0.392 e. The molecule has 21 heavy (non-hydrogen) atoms. The molecule has 1 aliphatic heterocycles. The number of ether oxygens (including phenoxy) is 1. The Balaban J connectivity index is 1.97. The fourth-order valence-electron chi connectivity index (χ4n) is 2.89. The lowest BCUT2D eigenvalue weighted by molar-refractivity contribution is 0.000351. The lowest BCUT2D eigenvalue weighted by Crippen LogP contribution is -2.29.